The Balaban J connectivity index is 5.22. The van der Waals surface area contributed by atoms with Crippen molar-refractivity contribution < 1.29 is 80.2 Å². The van der Waals surface area contributed by atoms with Gasteiger partial charge in [-0.2, -0.15) is 0 Å². The molecule has 0 aromatic heterocycles. The van der Waals surface area contributed by atoms with E-state index in [-0.39, 0.29) is 25.7 Å². The van der Waals surface area contributed by atoms with Gasteiger partial charge in [0, 0.05) is 25.7 Å². The van der Waals surface area contributed by atoms with Gasteiger partial charge < -0.3 is 33.8 Å². The van der Waals surface area contributed by atoms with Gasteiger partial charge in [0.2, 0.25) is 0 Å². The van der Waals surface area contributed by atoms with E-state index in [9.17, 15) is 43.2 Å². The Labute approximate surface area is 626 Å². The summed E-state index contributed by atoms with van der Waals surface area (Å²) in [6.07, 6.45) is 67.8. The van der Waals surface area contributed by atoms with E-state index in [1.165, 1.54) is 270 Å². The second-order valence-corrected chi connectivity index (χ2v) is 33.0. The van der Waals surface area contributed by atoms with Gasteiger partial charge in [0.15, 0.2) is 12.2 Å². The summed E-state index contributed by atoms with van der Waals surface area (Å²) in [6.45, 7) is 7.41. The number of aliphatic hydroxyl groups is 1. The number of unbranched alkanes of at least 4 members (excludes halogenated alkanes) is 54. The lowest BCUT2D eigenvalue weighted by Crippen LogP contribution is -2.30. The Bertz CT molecular complexity index is 1950. The molecule has 0 bridgehead atoms. The first-order valence-corrected chi connectivity index (χ1v) is 46.2. The van der Waals surface area contributed by atoms with Crippen LogP contribution in [0.25, 0.3) is 0 Å². The molecule has 0 aromatic carbocycles. The SMILES string of the molecule is CCCCCCCCCCCCCCCCCCC(=O)OC[C@H](COP(=O)(O)OC[C@@H](O)COP(=O)(O)OC[C@@H](COC(=O)CCCCCCCCCCCCC)OC(=O)CCCCCCCCCCCCCCC)OC(=O)CCCCCCCCCCCCCCCCCCCCC(C)CC. The third-order valence-corrected chi connectivity index (χ3v) is 21.8. The Morgan fingerprint density at radius 2 is 0.471 bits per heavy atom. The highest BCUT2D eigenvalue weighted by Crippen LogP contribution is 2.45. The summed E-state index contributed by atoms with van der Waals surface area (Å²) in [7, 11) is -9.92. The van der Waals surface area contributed by atoms with Gasteiger partial charge >= 0.3 is 39.5 Å². The second kappa shape index (κ2) is 75.9. The Hall–Kier alpha value is -1.94. The maximum absolute atomic E-state index is 13.1. The largest absolute Gasteiger partial charge is 0.472 e. The molecular weight excluding hydrogens is 1330 g/mol. The first-order chi connectivity index (χ1) is 49.6. The monoisotopic (exact) mass is 1490 g/mol. The van der Waals surface area contributed by atoms with Crippen LogP contribution in [0.5, 0.6) is 0 Å². The molecule has 606 valence electrons. The molecule has 0 saturated heterocycles. The first-order valence-electron chi connectivity index (χ1n) is 43.2. The van der Waals surface area contributed by atoms with Crippen LogP contribution in [0.1, 0.15) is 446 Å². The number of aliphatic hydroxyl groups excluding tert-OH is 1. The second-order valence-electron chi connectivity index (χ2n) is 30.1. The third kappa shape index (κ3) is 74.9. The van der Waals surface area contributed by atoms with E-state index < -0.39 is 97.5 Å². The molecule has 6 atom stereocenters. The molecule has 0 aliphatic rings. The summed E-state index contributed by atoms with van der Waals surface area (Å²) < 4.78 is 68.8. The summed E-state index contributed by atoms with van der Waals surface area (Å²) >= 11 is 0. The number of carbonyl (C=O) groups is 4. The van der Waals surface area contributed by atoms with Crippen molar-refractivity contribution in [3.8, 4) is 0 Å². The van der Waals surface area contributed by atoms with Gasteiger partial charge in [-0.1, -0.05) is 394 Å². The molecule has 0 aliphatic heterocycles. The van der Waals surface area contributed by atoms with E-state index in [0.717, 1.165) is 95.8 Å². The summed E-state index contributed by atoms with van der Waals surface area (Å²) in [6, 6.07) is 0. The fourth-order valence-corrected chi connectivity index (χ4v) is 14.5. The van der Waals surface area contributed by atoms with Gasteiger partial charge in [0.1, 0.15) is 19.3 Å². The van der Waals surface area contributed by atoms with E-state index in [4.69, 9.17) is 37.0 Å². The molecule has 0 amide bonds. The lowest BCUT2D eigenvalue weighted by molar-refractivity contribution is -0.161. The van der Waals surface area contributed by atoms with E-state index in [2.05, 4.69) is 34.6 Å². The Morgan fingerprint density at radius 3 is 0.696 bits per heavy atom. The van der Waals surface area contributed by atoms with Gasteiger partial charge in [-0.3, -0.25) is 37.3 Å². The van der Waals surface area contributed by atoms with Gasteiger partial charge in [0.25, 0.3) is 0 Å². The van der Waals surface area contributed by atoms with E-state index >= 15 is 0 Å². The van der Waals surface area contributed by atoms with Crippen molar-refractivity contribution in [3.63, 3.8) is 0 Å². The molecule has 0 saturated carbocycles. The minimum absolute atomic E-state index is 0.108. The number of ether oxygens (including phenoxy) is 4. The molecule has 19 heteroatoms. The van der Waals surface area contributed by atoms with Crippen molar-refractivity contribution in [2.24, 2.45) is 5.92 Å². The summed E-state index contributed by atoms with van der Waals surface area (Å²) in [5, 5.41) is 10.7. The van der Waals surface area contributed by atoms with Crippen LogP contribution in [-0.4, -0.2) is 96.7 Å². The van der Waals surface area contributed by atoms with Gasteiger partial charge in [0.05, 0.1) is 26.4 Å². The predicted octanol–water partition coefficient (Wildman–Crippen LogP) is 25.2. The average molecular weight is 1490 g/mol. The number of phosphoric ester groups is 2. The number of hydrogen-bond donors (Lipinski definition) is 3. The molecule has 0 aromatic rings. The maximum atomic E-state index is 13.1. The van der Waals surface area contributed by atoms with Crippen molar-refractivity contribution in [2.75, 3.05) is 39.6 Å². The minimum atomic E-state index is -4.96. The maximum Gasteiger partial charge on any atom is 0.472 e. The van der Waals surface area contributed by atoms with Gasteiger partial charge in [-0.25, -0.2) is 9.13 Å². The Kier molecular flexibility index (Phi) is 74.4. The van der Waals surface area contributed by atoms with E-state index in [1.807, 2.05) is 0 Å². The van der Waals surface area contributed by atoms with Crippen LogP contribution >= 0.6 is 15.6 Å². The molecule has 102 heavy (non-hydrogen) atoms. The van der Waals surface area contributed by atoms with Gasteiger partial charge in [-0.05, 0) is 31.6 Å². The average Bonchev–Trinajstić information content (AvgIpc) is 0.964. The Morgan fingerprint density at radius 1 is 0.275 bits per heavy atom. The van der Waals surface area contributed by atoms with Gasteiger partial charge in [-0.15, -0.1) is 0 Å². The van der Waals surface area contributed by atoms with Crippen molar-refractivity contribution >= 4 is 39.5 Å². The zero-order valence-electron chi connectivity index (χ0n) is 66.8. The molecule has 0 aliphatic carbocycles. The molecule has 0 heterocycles. The number of rotatable bonds is 83. The number of hydrogen-bond acceptors (Lipinski definition) is 15. The highest BCUT2D eigenvalue weighted by molar-refractivity contribution is 7.47. The summed E-state index contributed by atoms with van der Waals surface area (Å²) in [5.41, 5.74) is 0. The molecule has 0 fully saturated rings. The first kappa shape index (κ1) is 100. The van der Waals surface area contributed by atoms with E-state index in [0.29, 0.717) is 25.7 Å². The summed E-state index contributed by atoms with van der Waals surface area (Å²) in [5.74, 6) is -1.23. The molecule has 3 N–H and O–H groups in total. The quantitative estimate of drug-likeness (QED) is 0.0222. The highest BCUT2D eigenvalue weighted by Gasteiger charge is 2.30. The predicted molar refractivity (Wildman–Crippen MR) is 418 cm³/mol. The van der Waals surface area contributed by atoms with Crippen LogP contribution in [0, 0.1) is 5.92 Å². The van der Waals surface area contributed by atoms with Crippen molar-refractivity contribution in [1.82, 2.24) is 0 Å². The van der Waals surface area contributed by atoms with E-state index in [1.54, 1.807) is 0 Å². The zero-order valence-corrected chi connectivity index (χ0v) is 68.5. The zero-order chi connectivity index (χ0) is 74.8. The van der Waals surface area contributed by atoms with Crippen molar-refractivity contribution in [3.05, 3.63) is 0 Å². The summed E-state index contributed by atoms with van der Waals surface area (Å²) in [4.78, 5) is 73.1. The molecule has 0 radical (unpaired) electrons. The lowest BCUT2D eigenvalue weighted by Gasteiger charge is -2.21. The number of esters is 4. The van der Waals surface area contributed by atoms with Crippen LogP contribution in [0.4, 0.5) is 0 Å². The smallest absolute Gasteiger partial charge is 0.462 e. The topological polar surface area (TPSA) is 237 Å². The molecule has 3 unspecified atom stereocenters. The normalized spacial score (nSPS) is 14.1. The fourth-order valence-electron chi connectivity index (χ4n) is 12.9. The number of carbonyl (C=O) groups excluding carboxylic acids is 4. The molecule has 0 spiro atoms. The van der Waals surface area contributed by atoms with Crippen molar-refractivity contribution in [2.45, 2.75) is 464 Å². The van der Waals surface area contributed by atoms with Crippen LogP contribution in [-0.2, 0) is 65.4 Å². The highest BCUT2D eigenvalue weighted by atomic mass is 31.2. The molecule has 0 rings (SSSR count). The molecular formula is C83H162O17P2. The molecule has 17 nitrogen and oxygen atoms in total. The van der Waals surface area contributed by atoms with Crippen LogP contribution in [0.3, 0.4) is 0 Å². The third-order valence-electron chi connectivity index (χ3n) is 19.9. The van der Waals surface area contributed by atoms with Crippen LogP contribution in [0.2, 0.25) is 0 Å². The van der Waals surface area contributed by atoms with Crippen molar-refractivity contribution in [1.29, 1.82) is 0 Å². The van der Waals surface area contributed by atoms with Crippen LogP contribution < -0.4 is 0 Å². The fraction of sp³-hybridized carbons (Fsp3) is 0.952. The lowest BCUT2D eigenvalue weighted by atomic mass is 9.99. The number of phosphoric acid groups is 2. The van der Waals surface area contributed by atoms with Crippen LogP contribution in [0.15, 0.2) is 0 Å². The standard InChI is InChI=1S/C83H162O17P2/c1-6-10-13-16-19-22-25-27-28-34-38-42-47-52-57-62-67-81(86)94-73-79(100-83(88)69-64-59-54-49-44-39-35-32-30-29-31-33-37-41-45-50-55-60-65-76(5)9-4)75-98-102(91,92)96-71-77(84)70-95-101(89,90)97-74-78(72-93-80(85)66-61-56-51-46-40-24-21-18-15-12-8-3)99-82(87)68-63-58-53-48-43-36-26-23-20-17-14-11-7-2/h76-79,84H,6-75H2,1-5H3,(H,89,90)(H,91,92)/t76?,77-,78+,79+/m0/s1. The minimum Gasteiger partial charge on any atom is -0.462 e.